The number of hydrogen-bond acceptors (Lipinski definition) is 7. The van der Waals surface area contributed by atoms with E-state index in [-0.39, 0.29) is 0 Å². The topological polar surface area (TPSA) is 92.6 Å². The fourth-order valence-corrected chi connectivity index (χ4v) is 4.38. The van der Waals surface area contributed by atoms with Crippen LogP contribution in [0.25, 0.3) is 33.1 Å². The van der Waals surface area contributed by atoms with E-state index in [2.05, 4.69) is 45.0 Å². The number of nitrogens with two attached hydrogens (primary N) is 1. The van der Waals surface area contributed by atoms with Crippen LogP contribution in [0.2, 0.25) is 0 Å². The van der Waals surface area contributed by atoms with Crippen LogP contribution in [0.3, 0.4) is 0 Å². The molecule has 4 aromatic rings. The molecule has 0 unspecified atom stereocenters. The molecule has 8 heteroatoms. The number of nitrogens with zero attached hydrogens (tertiary/aromatic N) is 4. The second-order valence-corrected chi connectivity index (χ2v) is 8.34. The highest BCUT2D eigenvalue weighted by Gasteiger charge is 2.14. The van der Waals surface area contributed by atoms with E-state index in [0.717, 1.165) is 69.8 Å². The number of allylic oxidation sites excluding steroid dienone is 3. The largest absolute Gasteiger partial charge is 0.390 e. The van der Waals surface area contributed by atoms with Crippen molar-refractivity contribution in [2.45, 2.75) is 18.7 Å². The maximum absolute atomic E-state index is 5.88. The second-order valence-electron chi connectivity index (χ2n) is 7.66. The minimum atomic E-state index is 0.729. The van der Waals surface area contributed by atoms with Crippen molar-refractivity contribution in [3.63, 3.8) is 0 Å². The molecule has 1 aliphatic rings. The number of benzene rings is 2. The van der Waals surface area contributed by atoms with Gasteiger partial charge in [-0.3, -0.25) is 10.1 Å². The van der Waals surface area contributed by atoms with Crippen LogP contribution in [-0.2, 0) is 0 Å². The fourth-order valence-electron chi connectivity index (χ4n) is 3.93. The van der Waals surface area contributed by atoms with Crippen molar-refractivity contribution in [3.8, 4) is 11.1 Å². The van der Waals surface area contributed by atoms with Crippen LogP contribution in [0.4, 0.5) is 0 Å². The lowest BCUT2D eigenvalue weighted by Gasteiger charge is -2.09. The van der Waals surface area contributed by atoms with Gasteiger partial charge in [0.2, 0.25) is 0 Å². The van der Waals surface area contributed by atoms with Gasteiger partial charge in [0.1, 0.15) is 0 Å². The molecule has 2 aromatic carbocycles. The van der Waals surface area contributed by atoms with Gasteiger partial charge in [0.05, 0.1) is 12.7 Å². The lowest BCUT2D eigenvalue weighted by atomic mass is 10.00. The summed E-state index contributed by atoms with van der Waals surface area (Å²) in [5, 5.41) is 19.4. The van der Waals surface area contributed by atoms with Gasteiger partial charge < -0.3 is 10.6 Å². The van der Waals surface area contributed by atoms with Crippen molar-refractivity contribution in [3.05, 3.63) is 78.9 Å². The Morgan fingerprint density at radius 2 is 1.83 bits per heavy atom. The molecule has 1 aliphatic heterocycles. The zero-order valence-corrected chi connectivity index (χ0v) is 20.9. The third-order valence-electron chi connectivity index (χ3n) is 5.58. The number of fused-ring (bicyclic) bond motifs is 2. The maximum atomic E-state index is 5.88. The second kappa shape index (κ2) is 12.3. The van der Waals surface area contributed by atoms with Crippen LogP contribution in [-0.4, -0.2) is 47.0 Å². The predicted octanol–water partition coefficient (Wildman–Crippen LogP) is 4.70. The summed E-state index contributed by atoms with van der Waals surface area (Å²) in [6, 6.07) is 12.4. The number of aliphatic imine (C=N–C) groups is 1. The van der Waals surface area contributed by atoms with Crippen LogP contribution in [0.5, 0.6) is 0 Å². The lowest BCUT2D eigenvalue weighted by Crippen LogP contribution is -2.26. The Labute approximate surface area is 210 Å². The lowest BCUT2D eigenvalue weighted by molar-refractivity contribution is 0.667. The molecule has 0 spiro atoms. The van der Waals surface area contributed by atoms with Crippen LogP contribution in [0.1, 0.15) is 19.4 Å². The Hall–Kier alpha value is -3.46. The molecule has 7 nitrogen and oxygen atoms in total. The van der Waals surface area contributed by atoms with E-state index >= 15 is 0 Å². The normalized spacial score (nSPS) is 16.8. The van der Waals surface area contributed by atoms with Crippen LogP contribution >= 0.6 is 11.9 Å². The van der Waals surface area contributed by atoms with Gasteiger partial charge in [-0.25, -0.2) is 9.50 Å². The van der Waals surface area contributed by atoms with E-state index in [1.54, 1.807) is 0 Å². The Bertz CT molecular complexity index is 1370. The SMILES string of the molecule is CC.NSc1ccc(-c2cnn3cc(/C4=C/C=C/NCCNCCN=C4)cnc23)c2ccccc12. The van der Waals surface area contributed by atoms with Crippen molar-refractivity contribution in [1.82, 2.24) is 25.2 Å². The highest BCUT2D eigenvalue weighted by molar-refractivity contribution is 7.97. The molecule has 4 N–H and O–H groups in total. The van der Waals surface area contributed by atoms with E-state index in [4.69, 9.17) is 10.1 Å². The summed E-state index contributed by atoms with van der Waals surface area (Å²) in [5.74, 6) is 0. The molecule has 180 valence electrons. The van der Waals surface area contributed by atoms with E-state index in [9.17, 15) is 0 Å². The van der Waals surface area contributed by atoms with Crippen LogP contribution in [0, 0.1) is 0 Å². The standard InChI is InChI=1S/C25H25N7S.C2H6/c26-33-24-8-7-21(20-5-1-2-6-22(20)24)23-16-31-32-17-19(15-30-25(23)32)18-4-3-9-27-10-11-28-12-13-29-14-18;1-2/h1-9,14-17,27-28H,10-13,26H2;1-2H3/b9-3+,18-4+,29-14?;. The summed E-state index contributed by atoms with van der Waals surface area (Å²) in [6.45, 7) is 7.38. The van der Waals surface area contributed by atoms with Gasteiger partial charge in [0, 0.05) is 59.8 Å². The molecule has 0 fully saturated rings. The quantitative estimate of drug-likeness (QED) is 0.364. The molecule has 0 amide bonds. The summed E-state index contributed by atoms with van der Waals surface area (Å²) >= 11 is 1.27. The minimum absolute atomic E-state index is 0.729. The number of hydrogen-bond donors (Lipinski definition) is 3. The van der Waals surface area contributed by atoms with Crippen molar-refractivity contribution in [2.75, 3.05) is 26.2 Å². The van der Waals surface area contributed by atoms with Crippen molar-refractivity contribution in [1.29, 1.82) is 0 Å². The third-order valence-corrected chi connectivity index (χ3v) is 6.18. The Morgan fingerprint density at radius 1 is 0.971 bits per heavy atom. The number of aromatic nitrogens is 3. The molecule has 0 saturated carbocycles. The van der Waals surface area contributed by atoms with E-state index in [1.807, 2.05) is 73.7 Å². The first-order valence-corrected chi connectivity index (χ1v) is 12.8. The first kappa shape index (κ1) is 24.7. The van der Waals surface area contributed by atoms with Crippen LogP contribution in [0.15, 0.2) is 83.2 Å². The number of nitrogens with one attached hydrogen (secondary N) is 2. The minimum Gasteiger partial charge on any atom is -0.390 e. The van der Waals surface area contributed by atoms with Crippen molar-refractivity contribution in [2.24, 2.45) is 10.1 Å². The Kier molecular flexibility index (Phi) is 8.67. The molecular formula is C27H31N7S. The first-order valence-electron chi connectivity index (χ1n) is 11.9. The number of rotatable bonds is 3. The Balaban J connectivity index is 0.00000141. The summed E-state index contributed by atoms with van der Waals surface area (Å²) in [5.41, 5.74) is 4.82. The summed E-state index contributed by atoms with van der Waals surface area (Å²) < 4.78 is 1.83. The molecule has 0 bridgehead atoms. The van der Waals surface area contributed by atoms with Gasteiger partial charge in [0.15, 0.2) is 5.65 Å². The van der Waals surface area contributed by atoms with E-state index < -0.39 is 0 Å². The molecule has 0 aliphatic carbocycles. The molecule has 0 saturated heterocycles. The molecule has 0 atom stereocenters. The highest BCUT2D eigenvalue weighted by Crippen LogP contribution is 2.35. The molecule has 3 heterocycles. The van der Waals surface area contributed by atoms with Crippen molar-refractivity contribution >= 4 is 40.2 Å². The smallest absolute Gasteiger partial charge is 0.162 e. The zero-order valence-electron chi connectivity index (χ0n) is 20.1. The molecule has 35 heavy (non-hydrogen) atoms. The van der Waals surface area contributed by atoms with E-state index in [1.165, 1.54) is 11.9 Å². The Morgan fingerprint density at radius 3 is 2.69 bits per heavy atom. The van der Waals surface area contributed by atoms with Crippen LogP contribution < -0.4 is 15.8 Å². The molecule has 0 radical (unpaired) electrons. The maximum Gasteiger partial charge on any atom is 0.162 e. The zero-order chi connectivity index (χ0) is 24.5. The van der Waals surface area contributed by atoms with Gasteiger partial charge in [-0.1, -0.05) is 50.3 Å². The molecule has 2 aromatic heterocycles. The van der Waals surface area contributed by atoms with E-state index in [0.29, 0.717) is 0 Å². The molecule has 5 rings (SSSR count). The monoisotopic (exact) mass is 485 g/mol. The third kappa shape index (κ3) is 5.62. The summed E-state index contributed by atoms with van der Waals surface area (Å²) in [4.78, 5) is 10.4. The van der Waals surface area contributed by atoms with Gasteiger partial charge in [-0.2, -0.15) is 5.10 Å². The van der Waals surface area contributed by atoms with Gasteiger partial charge in [-0.15, -0.1) is 0 Å². The fraction of sp³-hybridized carbons (Fsp3) is 0.222. The predicted molar refractivity (Wildman–Crippen MR) is 149 cm³/mol. The average molecular weight is 486 g/mol. The summed E-state index contributed by atoms with van der Waals surface area (Å²) in [7, 11) is 0. The first-order chi connectivity index (χ1) is 17.3. The van der Waals surface area contributed by atoms with Crippen molar-refractivity contribution < 1.29 is 0 Å². The van der Waals surface area contributed by atoms with Gasteiger partial charge >= 0.3 is 0 Å². The van der Waals surface area contributed by atoms with Gasteiger partial charge in [0.25, 0.3) is 0 Å². The van der Waals surface area contributed by atoms with Gasteiger partial charge in [-0.05, 0) is 46.6 Å². The molecular weight excluding hydrogens is 454 g/mol. The highest BCUT2D eigenvalue weighted by atomic mass is 32.2. The summed E-state index contributed by atoms with van der Waals surface area (Å²) in [6.07, 6.45) is 13.6. The average Bonchev–Trinajstić information content (AvgIpc) is 3.32.